The number of nitrogens with zero attached hydrogens (tertiary/aromatic N) is 2. The standard InChI is InChI=1S/C27H24F7N3O5S/c1-13-11-17(25(9-6-10-25)27(32,33)34)19(28)21(41-3)20(13)42-24-18(14(2)22(36-37-24)26(29,30)31)23(38)35-15-7-5-8-16(12-15)43(4,39)40/h5,7-8,11-12H,6,9-10H2,1-4H3,(H,35,38). The lowest BCUT2D eigenvalue weighted by Crippen LogP contribution is -2.48. The number of methoxy groups -OCH3 is 1. The van der Waals surface area contributed by atoms with Crippen molar-refractivity contribution in [2.24, 2.45) is 0 Å². The van der Waals surface area contributed by atoms with Crippen LogP contribution in [0.4, 0.5) is 36.4 Å². The summed E-state index contributed by atoms with van der Waals surface area (Å²) in [6.45, 7) is 2.17. The molecule has 1 N–H and O–H groups in total. The average molecular weight is 636 g/mol. The highest BCUT2D eigenvalue weighted by Crippen LogP contribution is 2.57. The van der Waals surface area contributed by atoms with Gasteiger partial charge in [-0.15, -0.1) is 10.2 Å². The lowest BCUT2D eigenvalue weighted by atomic mass is 9.63. The van der Waals surface area contributed by atoms with Crippen LogP contribution in [0.5, 0.6) is 17.4 Å². The number of alkyl halides is 6. The van der Waals surface area contributed by atoms with Gasteiger partial charge in [-0.3, -0.25) is 4.79 Å². The van der Waals surface area contributed by atoms with E-state index >= 15 is 4.39 Å². The van der Waals surface area contributed by atoms with Gasteiger partial charge in [-0.25, -0.2) is 12.8 Å². The molecule has 0 unspecified atom stereocenters. The van der Waals surface area contributed by atoms with Gasteiger partial charge < -0.3 is 14.8 Å². The zero-order chi connectivity index (χ0) is 32.1. The largest absolute Gasteiger partial charge is 0.490 e. The molecule has 0 saturated heterocycles. The Kier molecular flexibility index (Phi) is 8.15. The molecule has 1 saturated carbocycles. The number of nitrogens with one attached hydrogen (secondary N) is 1. The molecule has 1 aromatic heterocycles. The summed E-state index contributed by atoms with van der Waals surface area (Å²) in [4.78, 5) is 13.1. The molecule has 43 heavy (non-hydrogen) atoms. The number of hydrogen-bond donors (Lipinski definition) is 1. The third-order valence-electron chi connectivity index (χ3n) is 7.23. The van der Waals surface area contributed by atoms with Crippen LogP contribution >= 0.6 is 0 Å². The maximum atomic E-state index is 15.6. The van der Waals surface area contributed by atoms with Gasteiger partial charge in [0.05, 0.1) is 17.4 Å². The number of halogens is 7. The third-order valence-corrected chi connectivity index (χ3v) is 8.34. The van der Waals surface area contributed by atoms with Crippen molar-refractivity contribution in [3.8, 4) is 17.4 Å². The van der Waals surface area contributed by atoms with Crippen LogP contribution in [-0.2, 0) is 21.4 Å². The van der Waals surface area contributed by atoms with E-state index in [9.17, 15) is 39.6 Å². The number of hydrogen-bond acceptors (Lipinski definition) is 7. The molecule has 232 valence electrons. The Labute approximate surface area is 241 Å². The fourth-order valence-corrected chi connectivity index (χ4v) is 5.51. The fourth-order valence-electron chi connectivity index (χ4n) is 4.84. The Morgan fingerprint density at radius 3 is 2.19 bits per heavy atom. The van der Waals surface area contributed by atoms with Crippen LogP contribution in [-0.4, -0.2) is 44.1 Å². The third kappa shape index (κ3) is 5.84. The monoisotopic (exact) mass is 635 g/mol. The minimum absolute atomic E-state index is 0.0877. The first-order valence-electron chi connectivity index (χ1n) is 12.5. The molecular formula is C27H24F7N3O5S. The van der Waals surface area contributed by atoms with Gasteiger partial charge in [-0.2, -0.15) is 26.3 Å². The Morgan fingerprint density at radius 1 is 1.02 bits per heavy atom. The highest BCUT2D eigenvalue weighted by Gasteiger charge is 2.60. The van der Waals surface area contributed by atoms with Gasteiger partial charge in [-0.05, 0) is 62.1 Å². The van der Waals surface area contributed by atoms with E-state index in [0.717, 1.165) is 32.4 Å². The molecule has 3 aromatic rings. The van der Waals surface area contributed by atoms with E-state index in [2.05, 4.69) is 15.5 Å². The predicted octanol–water partition coefficient (Wildman–Crippen LogP) is 6.69. The van der Waals surface area contributed by atoms with Gasteiger partial charge in [0.2, 0.25) is 0 Å². The highest BCUT2D eigenvalue weighted by molar-refractivity contribution is 7.90. The Morgan fingerprint density at radius 2 is 1.67 bits per heavy atom. The molecule has 1 heterocycles. The molecule has 1 fully saturated rings. The summed E-state index contributed by atoms with van der Waals surface area (Å²) in [5.41, 5.74) is -6.41. The molecule has 0 radical (unpaired) electrons. The Balaban J connectivity index is 1.84. The molecule has 8 nitrogen and oxygen atoms in total. The predicted molar refractivity (Wildman–Crippen MR) is 139 cm³/mol. The van der Waals surface area contributed by atoms with E-state index < -0.39 is 79.1 Å². The summed E-state index contributed by atoms with van der Waals surface area (Å²) < 4.78 is 133. The number of aryl methyl sites for hydroxylation is 1. The van der Waals surface area contributed by atoms with E-state index in [4.69, 9.17) is 9.47 Å². The molecule has 2 aromatic carbocycles. The molecule has 16 heteroatoms. The van der Waals surface area contributed by atoms with Crippen LogP contribution < -0.4 is 14.8 Å². The second-order valence-electron chi connectivity index (χ2n) is 10.1. The van der Waals surface area contributed by atoms with Crippen LogP contribution in [0.2, 0.25) is 0 Å². The number of anilines is 1. The first kappa shape index (κ1) is 32.0. The number of benzene rings is 2. The van der Waals surface area contributed by atoms with Gasteiger partial charge in [-0.1, -0.05) is 12.5 Å². The van der Waals surface area contributed by atoms with Crippen LogP contribution in [0.1, 0.15) is 52.0 Å². The van der Waals surface area contributed by atoms with Crippen LogP contribution in [0.3, 0.4) is 0 Å². The molecule has 1 amide bonds. The molecule has 0 spiro atoms. The van der Waals surface area contributed by atoms with E-state index in [1.165, 1.54) is 25.1 Å². The smallest absolute Gasteiger partial charge is 0.435 e. The van der Waals surface area contributed by atoms with Crippen molar-refractivity contribution < 1.29 is 53.4 Å². The van der Waals surface area contributed by atoms with Crippen molar-refractivity contribution in [3.05, 3.63) is 64.1 Å². The summed E-state index contributed by atoms with van der Waals surface area (Å²) in [5, 5.41) is 8.80. The van der Waals surface area contributed by atoms with Crippen LogP contribution in [0.15, 0.2) is 35.2 Å². The van der Waals surface area contributed by atoms with E-state index in [0.29, 0.717) is 0 Å². The van der Waals surface area contributed by atoms with E-state index in [1.807, 2.05) is 0 Å². The zero-order valence-corrected chi connectivity index (χ0v) is 23.8. The van der Waals surface area contributed by atoms with Gasteiger partial charge in [0.1, 0.15) is 5.56 Å². The van der Waals surface area contributed by atoms with Gasteiger partial charge >= 0.3 is 12.4 Å². The van der Waals surface area contributed by atoms with Crippen molar-refractivity contribution in [3.63, 3.8) is 0 Å². The summed E-state index contributed by atoms with van der Waals surface area (Å²) >= 11 is 0. The number of sulfone groups is 1. The SMILES string of the molecule is COc1c(F)c(C2(C(F)(F)F)CCC2)cc(C)c1Oc1nnc(C(F)(F)F)c(C)c1C(=O)Nc1cccc(S(C)(=O)=O)c1. The first-order valence-corrected chi connectivity index (χ1v) is 14.4. The van der Waals surface area contributed by atoms with Crippen molar-refractivity contribution in [1.29, 1.82) is 0 Å². The Hall–Kier alpha value is -3.95. The quantitative estimate of drug-likeness (QED) is 0.288. The fraction of sp³-hybridized carbons (Fsp3) is 0.370. The second kappa shape index (κ2) is 11.0. The molecule has 0 bridgehead atoms. The van der Waals surface area contributed by atoms with Crippen LogP contribution in [0.25, 0.3) is 0 Å². The Bertz CT molecular complexity index is 1700. The highest BCUT2D eigenvalue weighted by atomic mass is 32.2. The molecule has 4 rings (SSSR count). The lowest BCUT2D eigenvalue weighted by molar-refractivity contribution is -0.213. The number of carbonyl (C=O) groups is 1. The van der Waals surface area contributed by atoms with Crippen molar-refractivity contribution in [1.82, 2.24) is 10.2 Å². The molecular weight excluding hydrogens is 611 g/mol. The van der Waals surface area contributed by atoms with Crippen molar-refractivity contribution in [2.75, 3.05) is 18.7 Å². The number of aromatic nitrogens is 2. The van der Waals surface area contributed by atoms with E-state index in [-0.39, 0.29) is 35.4 Å². The van der Waals surface area contributed by atoms with Crippen LogP contribution in [0, 0.1) is 19.7 Å². The maximum absolute atomic E-state index is 15.6. The summed E-state index contributed by atoms with van der Waals surface area (Å²) in [6.07, 6.45) is -9.42. The topological polar surface area (TPSA) is 107 Å². The first-order chi connectivity index (χ1) is 19.8. The molecule has 0 aliphatic heterocycles. The molecule has 1 aliphatic rings. The number of ether oxygens (including phenoxy) is 2. The van der Waals surface area contributed by atoms with Crippen molar-refractivity contribution in [2.45, 2.75) is 55.8 Å². The minimum atomic E-state index is -5.06. The number of rotatable bonds is 7. The minimum Gasteiger partial charge on any atom is -0.490 e. The molecule has 0 atom stereocenters. The molecule has 1 aliphatic carbocycles. The summed E-state index contributed by atoms with van der Waals surface area (Å²) in [6, 6.07) is 5.79. The average Bonchev–Trinajstić information content (AvgIpc) is 2.84. The van der Waals surface area contributed by atoms with Gasteiger partial charge in [0, 0.05) is 17.5 Å². The summed E-state index contributed by atoms with van der Waals surface area (Å²) in [5.74, 6) is -4.78. The maximum Gasteiger partial charge on any atom is 0.435 e. The van der Waals surface area contributed by atoms with E-state index in [1.54, 1.807) is 0 Å². The lowest BCUT2D eigenvalue weighted by Gasteiger charge is -2.44. The number of carbonyl (C=O) groups excluding carboxylic acids is 1. The van der Waals surface area contributed by atoms with Crippen molar-refractivity contribution >= 4 is 21.4 Å². The summed E-state index contributed by atoms with van der Waals surface area (Å²) in [7, 11) is -2.75. The zero-order valence-electron chi connectivity index (χ0n) is 23.0. The van der Waals surface area contributed by atoms with Gasteiger partial charge in [0.15, 0.2) is 32.8 Å². The second-order valence-corrected chi connectivity index (χ2v) is 12.1. The normalized spacial score (nSPS) is 15.0. The number of amides is 1. The van der Waals surface area contributed by atoms with Gasteiger partial charge in [0.25, 0.3) is 11.8 Å².